The number of benzene rings is 2. The Morgan fingerprint density at radius 3 is 2.06 bits per heavy atom. The minimum atomic E-state index is -0.526. The third kappa shape index (κ3) is 4.70. The lowest BCUT2D eigenvalue weighted by atomic mass is 9.99. The molecule has 0 saturated heterocycles. The second-order valence-corrected chi connectivity index (χ2v) is 7.96. The second kappa shape index (κ2) is 10.2. The Kier molecular flexibility index (Phi) is 7.37. The van der Waals surface area contributed by atoms with Gasteiger partial charge in [-0.3, -0.25) is 4.79 Å². The topological polar surface area (TPSA) is 83.1 Å². The first-order valence-corrected chi connectivity index (χ1v) is 10.6. The van der Waals surface area contributed by atoms with Crippen LogP contribution in [-0.2, 0) is 4.74 Å². The van der Waals surface area contributed by atoms with Crippen molar-refractivity contribution in [3.8, 4) is 17.2 Å². The minimum absolute atomic E-state index is 0.0332. The normalized spacial score (nSPS) is 11.4. The van der Waals surface area contributed by atoms with Crippen LogP contribution >= 0.6 is 11.3 Å². The number of nitrogens with one attached hydrogen (secondary N) is 1. The van der Waals surface area contributed by atoms with Gasteiger partial charge in [-0.25, -0.2) is 4.79 Å². The van der Waals surface area contributed by atoms with E-state index in [0.29, 0.717) is 27.8 Å². The largest absolute Gasteiger partial charge is 0.496 e. The quantitative estimate of drug-likeness (QED) is 0.483. The molecule has 0 aliphatic rings. The number of ether oxygens (including phenoxy) is 4. The summed E-state index contributed by atoms with van der Waals surface area (Å²) in [5, 5.41) is 3.23. The lowest BCUT2D eigenvalue weighted by Crippen LogP contribution is -2.15. The predicted molar refractivity (Wildman–Crippen MR) is 124 cm³/mol. The summed E-state index contributed by atoms with van der Waals surface area (Å²) in [5.41, 5.74) is 1.64. The molecule has 0 spiro atoms. The highest BCUT2D eigenvalue weighted by atomic mass is 32.1. The van der Waals surface area contributed by atoms with Gasteiger partial charge in [0.15, 0.2) is 11.5 Å². The number of hydrogen-bond acceptors (Lipinski definition) is 7. The fourth-order valence-corrected chi connectivity index (χ4v) is 4.38. The number of methoxy groups -OCH3 is 4. The third-order valence-corrected chi connectivity index (χ3v) is 6.29. The number of esters is 1. The first-order valence-electron chi connectivity index (χ1n) is 9.81. The highest BCUT2D eigenvalue weighted by molar-refractivity contribution is 7.16. The maximum absolute atomic E-state index is 13.1. The fraction of sp³-hybridized carbons (Fsp3) is 0.250. The molecule has 168 valence electrons. The molecular weight excluding hydrogens is 430 g/mol. The van der Waals surface area contributed by atoms with E-state index in [1.54, 1.807) is 12.1 Å². The lowest BCUT2D eigenvalue weighted by Gasteiger charge is -2.14. The first-order chi connectivity index (χ1) is 15.4. The Labute approximate surface area is 190 Å². The Bertz CT molecular complexity index is 1110. The van der Waals surface area contributed by atoms with E-state index < -0.39 is 11.9 Å². The van der Waals surface area contributed by atoms with E-state index in [-0.39, 0.29) is 11.5 Å². The zero-order valence-corrected chi connectivity index (χ0v) is 19.4. The molecule has 8 heteroatoms. The van der Waals surface area contributed by atoms with Gasteiger partial charge < -0.3 is 24.3 Å². The van der Waals surface area contributed by atoms with Crippen molar-refractivity contribution in [1.29, 1.82) is 0 Å². The molecule has 1 heterocycles. The van der Waals surface area contributed by atoms with Gasteiger partial charge in [0.1, 0.15) is 10.8 Å². The van der Waals surface area contributed by atoms with Gasteiger partial charge in [0.05, 0.1) is 39.6 Å². The molecule has 7 nitrogen and oxygen atoms in total. The SMILES string of the molecule is COC(=O)c1cc([C@@H](C)c2ccccc2)sc1NC(=O)c1cc(OC)c(OC)cc1OC. The molecule has 0 fully saturated rings. The lowest BCUT2D eigenvalue weighted by molar-refractivity contribution is 0.0602. The number of carbonyl (C=O) groups excluding carboxylic acids is 2. The predicted octanol–water partition coefficient (Wildman–Crippen LogP) is 4.96. The van der Waals surface area contributed by atoms with Crippen molar-refractivity contribution < 1.29 is 28.5 Å². The molecule has 3 aromatic rings. The van der Waals surface area contributed by atoms with Crippen LogP contribution in [0.25, 0.3) is 0 Å². The molecule has 0 saturated carbocycles. The summed E-state index contributed by atoms with van der Waals surface area (Å²) in [7, 11) is 5.75. The van der Waals surface area contributed by atoms with Gasteiger partial charge in [-0.2, -0.15) is 0 Å². The summed E-state index contributed by atoms with van der Waals surface area (Å²) in [6, 6.07) is 14.8. The zero-order chi connectivity index (χ0) is 23.3. The highest BCUT2D eigenvalue weighted by Gasteiger charge is 2.24. The molecule has 0 radical (unpaired) electrons. The first kappa shape index (κ1) is 23.1. The summed E-state index contributed by atoms with van der Waals surface area (Å²) in [5.74, 6) is 0.193. The maximum Gasteiger partial charge on any atom is 0.340 e. The van der Waals surface area contributed by atoms with Crippen LogP contribution in [-0.4, -0.2) is 40.3 Å². The number of anilines is 1. The van der Waals surface area contributed by atoms with Crippen molar-refractivity contribution in [3.63, 3.8) is 0 Å². The maximum atomic E-state index is 13.1. The van der Waals surface area contributed by atoms with Crippen LogP contribution in [0, 0.1) is 0 Å². The summed E-state index contributed by atoms with van der Waals surface area (Å²) in [6.07, 6.45) is 0. The van der Waals surface area contributed by atoms with Crippen molar-refractivity contribution in [2.75, 3.05) is 33.8 Å². The van der Waals surface area contributed by atoms with E-state index in [0.717, 1.165) is 10.4 Å². The van der Waals surface area contributed by atoms with Gasteiger partial charge in [-0.1, -0.05) is 37.3 Å². The van der Waals surface area contributed by atoms with Crippen molar-refractivity contribution >= 4 is 28.2 Å². The Morgan fingerprint density at radius 1 is 0.844 bits per heavy atom. The van der Waals surface area contributed by atoms with Gasteiger partial charge in [0, 0.05) is 22.9 Å². The molecule has 3 rings (SSSR count). The van der Waals surface area contributed by atoms with Crippen LogP contribution in [0.4, 0.5) is 5.00 Å². The average Bonchev–Trinajstić information content (AvgIpc) is 3.26. The minimum Gasteiger partial charge on any atom is -0.496 e. The molecule has 0 unspecified atom stereocenters. The zero-order valence-electron chi connectivity index (χ0n) is 18.6. The number of carbonyl (C=O) groups is 2. The standard InChI is InChI=1S/C24H25NO6S/c1-14(15-9-7-6-8-10-15)21-12-17(24(27)31-5)23(32-21)25-22(26)16-11-19(29-3)20(30-4)13-18(16)28-2/h6-14H,1-5H3,(H,25,26)/t14-/m0/s1. The highest BCUT2D eigenvalue weighted by Crippen LogP contribution is 2.38. The van der Waals surface area contributed by atoms with E-state index >= 15 is 0 Å². The monoisotopic (exact) mass is 455 g/mol. The Morgan fingerprint density at radius 2 is 1.47 bits per heavy atom. The Hall–Kier alpha value is -3.52. The van der Waals surface area contributed by atoms with Crippen LogP contribution in [0.1, 0.15) is 44.0 Å². The summed E-state index contributed by atoms with van der Waals surface area (Å²) >= 11 is 1.33. The van der Waals surface area contributed by atoms with E-state index in [1.165, 1.54) is 45.8 Å². The number of hydrogen-bond donors (Lipinski definition) is 1. The van der Waals surface area contributed by atoms with Gasteiger partial charge in [-0.15, -0.1) is 11.3 Å². The molecule has 1 amide bonds. The number of thiophene rings is 1. The molecular formula is C24H25NO6S. The third-order valence-electron chi connectivity index (χ3n) is 5.06. The molecule has 2 aromatic carbocycles. The van der Waals surface area contributed by atoms with Crippen molar-refractivity contribution in [2.24, 2.45) is 0 Å². The van der Waals surface area contributed by atoms with E-state index in [4.69, 9.17) is 18.9 Å². The summed E-state index contributed by atoms with van der Waals surface area (Å²) < 4.78 is 20.9. The van der Waals surface area contributed by atoms with E-state index in [9.17, 15) is 9.59 Å². The van der Waals surface area contributed by atoms with Crippen LogP contribution in [0.3, 0.4) is 0 Å². The molecule has 1 atom stereocenters. The van der Waals surface area contributed by atoms with E-state index in [2.05, 4.69) is 5.32 Å². The van der Waals surface area contributed by atoms with Gasteiger partial charge in [-0.05, 0) is 11.6 Å². The van der Waals surface area contributed by atoms with Crippen LogP contribution in [0.15, 0.2) is 48.5 Å². The van der Waals surface area contributed by atoms with Crippen LogP contribution < -0.4 is 19.5 Å². The van der Waals surface area contributed by atoms with Crippen LogP contribution in [0.2, 0.25) is 0 Å². The number of amides is 1. The van der Waals surface area contributed by atoms with Crippen molar-refractivity contribution in [1.82, 2.24) is 0 Å². The van der Waals surface area contributed by atoms with Gasteiger partial charge >= 0.3 is 5.97 Å². The van der Waals surface area contributed by atoms with Crippen LogP contribution in [0.5, 0.6) is 17.2 Å². The van der Waals surface area contributed by atoms with Gasteiger partial charge in [0.2, 0.25) is 0 Å². The van der Waals surface area contributed by atoms with E-state index in [1.807, 2.05) is 37.3 Å². The molecule has 0 bridgehead atoms. The molecule has 0 aliphatic carbocycles. The second-order valence-electron chi connectivity index (χ2n) is 6.88. The summed E-state index contributed by atoms with van der Waals surface area (Å²) in [6.45, 7) is 2.05. The van der Waals surface area contributed by atoms with Gasteiger partial charge in [0.25, 0.3) is 5.91 Å². The average molecular weight is 456 g/mol. The molecule has 32 heavy (non-hydrogen) atoms. The fourth-order valence-electron chi connectivity index (χ4n) is 3.26. The number of rotatable bonds is 8. The smallest absolute Gasteiger partial charge is 0.340 e. The molecule has 0 aliphatic heterocycles. The molecule has 1 N–H and O–H groups in total. The van der Waals surface area contributed by atoms with Crippen molar-refractivity contribution in [2.45, 2.75) is 12.8 Å². The summed E-state index contributed by atoms with van der Waals surface area (Å²) in [4.78, 5) is 26.5. The van der Waals surface area contributed by atoms with Crippen molar-refractivity contribution in [3.05, 3.63) is 70.1 Å². The Balaban J connectivity index is 1.98. The molecule has 1 aromatic heterocycles.